The zero-order chi connectivity index (χ0) is 16.8. The summed E-state index contributed by atoms with van der Waals surface area (Å²) in [7, 11) is 0. The predicted molar refractivity (Wildman–Crippen MR) is 41.0 cm³/mol. The van der Waals surface area contributed by atoms with Gasteiger partial charge in [0.05, 0.1) is 0 Å². The molecule has 0 fully saturated rings. The van der Waals surface area contributed by atoms with Crippen LogP contribution < -0.4 is 0 Å². The van der Waals surface area contributed by atoms with E-state index in [1.807, 2.05) is 6.58 Å². The van der Waals surface area contributed by atoms with Gasteiger partial charge in [-0.25, -0.2) is 0 Å². The molecule has 0 saturated heterocycles. The molecule has 0 aliphatic carbocycles. The fourth-order valence-electron chi connectivity index (χ4n) is 0.797. The second-order valence-corrected chi connectivity index (χ2v) is 3.38. The summed E-state index contributed by atoms with van der Waals surface area (Å²) < 4.78 is 135. The van der Waals surface area contributed by atoms with Crippen molar-refractivity contribution in [3.05, 3.63) is 12.7 Å². The number of ketones is 1. The fourth-order valence-corrected chi connectivity index (χ4v) is 0.797. The molecule has 0 atom stereocenters. The highest BCUT2D eigenvalue weighted by Gasteiger charge is 2.81. The molecular weight excluding hydrogens is 321 g/mol. The van der Waals surface area contributed by atoms with Gasteiger partial charge in [-0.2, -0.15) is 48.3 Å². The molecule has 0 unspecified atom stereocenters. The third-order valence-corrected chi connectivity index (χ3v) is 2.00. The number of Topliss-reactive ketones (excluding diaryl/α,β-unsaturated/α-hetero) is 1. The lowest BCUT2D eigenvalue weighted by molar-refractivity contribution is -0.348. The summed E-state index contributed by atoms with van der Waals surface area (Å²) in [5.74, 6) is -31.2. The molecule has 0 rings (SSSR count). The Labute approximate surface area is 103 Å². The average molecular weight is 324 g/mol. The van der Waals surface area contributed by atoms with Crippen molar-refractivity contribution in [1.29, 1.82) is 0 Å². The van der Waals surface area contributed by atoms with Gasteiger partial charge >= 0.3 is 29.9 Å². The van der Waals surface area contributed by atoms with Crippen LogP contribution in [0, 0.1) is 0 Å². The smallest absolute Gasteiger partial charge is 0.286 e. The molecule has 0 aromatic heterocycles. The Bertz CT molecular complexity index is 405. The lowest BCUT2D eigenvalue weighted by Crippen LogP contribution is -2.63. The van der Waals surface area contributed by atoms with E-state index >= 15 is 0 Å². The zero-order valence-electron chi connectivity index (χ0n) is 8.85. The molecule has 20 heavy (non-hydrogen) atoms. The molecule has 0 saturated carbocycles. The van der Waals surface area contributed by atoms with Gasteiger partial charge in [0.15, 0.2) is 0 Å². The van der Waals surface area contributed by atoms with Gasteiger partial charge in [-0.05, 0) is 6.08 Å². The first-order valence-electron chi connectivity index (χ1n) is 4.23. The largest absolute Gasteiger partial charge is 0.460 e. The summed E-state index contributed by atoms with van der Waals surface area (Å²) in [6, 6.07) is 0. The van der Waals surface area contributed by atoms with Crippen molar-refractivity contribution in [1.82, 2.24) is 0 Å². The van der Waals surface area contributed by atoms with Crippen molar-refractivity contribution in [2.45, 2.75) is 29.9 Å². The maximum Gasteiger partial charge on any atom is 0.460 e. The summed E-state index contributed by atoms with van der Waals surface area (Å²) in [6.45, 7) is 2.04. The van der Waals surface area contributed by atoms with Gasteiger partial charge in [0.2, 0.25) is 0 Å². The molecular formula is C8H3F11O. The number of carbonyl (C=O) groups is 1. The molecule has 1 nitrogen and oxygen atoms in total. The van der Waals surface area contributed by atoms with Crippen molar-refractivity contribution in [3.63, 3.8) is 0 Å². The maximum absolute atomic E-state index is 12.7. The van der Waals surface area contributed by atoms with E-state index in [0.29, 0.717) is 0 Å². The van der Waals surface area contributed by atoms with Gasteiger partial charge in [-0.3, -0.25) is 4.79 Å². The molecule has 118 valence electrons. The van der Waals surface area contributed by atoms with Crippen LogP contribution in [0.15, 0.2) is 12.7 Å². The van der Waals surface area contributed by atoms with Crippen LogP contribution >= 0.6 is 0 Å². The first-order valence-corrected chi connectivity index (χ1v) is 4.23. The molecule has 0 aromatic rings. The number of carbonyl (C=O) groups excluding carboxylic acids is 1. The SMILES string of the molecule is C=CC(F)(F)C(F)(F)C(=O)C(F)(F)C(F)(F)C(F)(F)F. The van der Waals surface area contributed by atoms with Crippen molar-refractivity contribution in [2.24, 2.45) is 0 Å². The van der Waals surface area contributed by atoms with Crippen LogP contribution in [0.2, 0.25) is 0 Å². The molecule has 0 radical (unpaired) electrons. The van der Waals surface area contributed by atoms with E-state index in [2.05, 4.69) is 0 Å². The van der Waals surface area contributed by atoms with Crippen LogP contribution in [0.4, 0.5) is 48.3 Å². The predicted octanol–water partition coefficient (Wildman–Crippen LogP) is 3.84. The van der Waals surface area contributed by atoms with Gasteiger partial charge in [0.25, 0.3) is 5.78 Å². The molecule has 0 spiro atoms. The quantitative estimate of drug-likeness (QED) is 0.555. The van der Waals surface area contributed by atoms with Gasteiger partial charge in [0, 0.05) is 0 Å². The van der Waals surface area contributed by atoms with Gasteiger partial charge in [-0.1, -0.05) is 6.58 Å². The third-order valence-electron chi connectivity index (χ3n) is 2.00. The van der Waals surface area contributed by atoms with Crippen LogP contribution in [0.25, 0.3) is 0 Å². The van der Waals surface area contributed by atoms with Crippen molar-refractivity contribution >= 4 is 5.78 Å². The van der Waals surface area contributed by atoms with Crippen LogP contribution in [-0.4, -0.2) is 35.6 Å². The van der Waals surface area contributed by atoms with Gasteiger partial charge in [-0.15, -0.1) is 0 Å². The number of allylic oxidation sites excluding steroid dienone is 1. The van der Waals surface area contributed by atoms with Gasteiger partial charge < -0.3 is 0 Å². The number of hydrogen-bond donors (Lipinski definition) is 0. The molecule has 0 bridgehead atoms. The summed E-state index contributed by atoms with van der Waals surface area (Å²) in [6.07, 6.45) is -8.14. The summed E-state index contributed by atoms with van der Waals surface area (Å²) in [5.41, 5.74) is 0. The first kappa shape index (κ1) is 18.6. The minimum absolute atomic E-state index is 1.04. The number of alkyl halides is 11. The highest BCUT2D eigenvalue weighted by molar-refractivity contribution is 5.94. The second-order valence-electron chi connectivity index (χ2n) is 3.38. The van der Waals surface area contributed by atoms with E-state index in [-0.39, 0.29) is 0 Å². The number of hydrogen-bond acceptors (Lipinski definition) is 1. The van der Waals surface area contributed by atoms with E-state index in [1.54, 1.807) is 0 Å². The molecule has 0 aliphatic rings. The van der Waals surface area contributed by atoms with Crippen LogP contribution in [0.3, 0.4) is 0 Å². The molecule has 0 N–H and O–H groups in total. The highest BCUT2D eigenvalue weighted by Crippen LogP contribution is 2.50. The molecule has 0 heterocycles. The Hall–Kier alpha value is -1.36. The Balaban J connectivity index is 5.89. The molecule has 0 amide bonds. The topological polar surface area (TPSA) is 17.1 Å². The Morgan fingerprint density at radius 3 is 1.35 bits per heavy atom. The van der Waals surface area contributed by atoms with E-state index < -0.39 is 41.7 Å². The number of rotatable bonds is 5. The first-order chi connectivity index (χ1) is 8.47. The van der Waals surface area contributed by atoms with Crippen molar-refractivity contribution < 1.29 is 53.1 Å². The lowest BCUT2D eigenvalue weighted by atomic mass is 9.97. The number of halogens is 11. The van der Waals surface area contributed by atoms with Crippen LogP contribution in [0.1, 0.15) is 0 Å². The summed E-state index contributed by atoms with van der Waals surface area (Å²) >= 11 is 0. The highest BCUT2D eigenvalue weighted by atomic mass is 19.4. The monoisotopic (exact) mass is 324 g/mol. The zero-order valence-corrected chi connectivity index (χ0v) is 8.85. The molecule has 0 aliphatic heterocycles. The Morgan fingerprint density at radius 2 is 1.10 bits per heavy atom. The normalized spacial score (nSPS) is 15.2. The van der Waals surface area contributed by atoms with E-state index in [9.17, 15) is 53.1 Å². The minimum atomic E-state index is -7.25. The molecule has 0 aromatic carbocycles. The summed E-state index contributed by atoms with van der Waals surface area (Å²) in [5, 5.41) is 0. The third kappa shape index (κ3) is 2.46. The van der Waals surface area contributed by atoms with E-state index in [0.717, 1.165) is 0 Å². The van der Waals surface area contributed by atoms with Gasteiger partial charge in [0.1, 0.15) is 0 Å². The fraction of sp³-hybridized carbons (Fsp3) is 0.625. The van der Waals surface area contributed by atoms with E-state index in [4.69, 9.17) is 0 Å². The standard InChI is InChI=1S/C8H3F11O/c1-2-4(9,10)5(11,12)3(20)6(13,14)7(15,16)8(17,18)19/h2H,1H2. The maximum atomic E-state index is 12.7. The minimum Gasteiger partial charge on any atom is -0.286 e. The van der Waals surface area contributed by atoms with Crippen molar-refractivity contribution in [2.75, 3.05) is 0 Å². The second kappa shape index (κ2) is 4.58. The van der Waals surface area contributed by atoms with E-state index in [1.165, 1.54) is 0 Å². The Morgan fingerprint density at radius 1 is 0.750 bits per heavy atom. The summed E-state index contributed by atoms with van der Waals surface area (Å²) in [4.78, 5) is 10.4. The van der Waals surface area contributed by atoms with Crippen LogP contribution in [0.5, 0.6) is 0 Å². The lowest BCUT2D eigenvalue weighted by Gasteiger charge is -2.31. The Kier molecular flexibility index (Phi) is 4.27. The van der Waals surface area contributed by atoms with Crippen molar-refractivity contribution in [3.8, 4) is 0 Å². The van der Waals surface area contributed by atoms with Crippen LogP contribution in [-0.2, 0) is 4.79 Å². The molecule has 12 heteroatoms. The average Bonchev–Trinajstić information content (AvgIpc) is 2.25.